The summed E-state index contributed by atoms with van der Waals surface area (Å²) in [4.78, 5) is 13.6. The summed E-state index contributed by atoms with van der Waals surface area (Å²) in [7, 11) is 1.39. The van der Waals surface area contributed by atoms with Gasteiger partial charge in [-0.1, -0.05) is 11.6 Å². The summed E-state index contributed by atoms with van der Waals surface area (Å²) in [6, 6.07) is 0. The van der Waals surface area contributed by atoms with Gasteiger partial charge in [-0.2, -0.15) is 0 Å². The van der Waals surface area contributed by atoms with Gasteiger partial charge in [0.15, 0.2) is 6.10 Å². The molecule has 0 aromatic heterocycles. The minimum Gasteiger partial charge on any atom is -0.467 e. The van der Waals surface area contributed by atoms with Crippen molar-refractivity contribution >= 4 is 5.97 Å². The quantitative estimate of drug-likeness (QED) is 0.536. The van der Waals surface area contributed by atoms with Crippen molar-refractivity contribution in [1.82, 2.24) is 4.90 Å². The van der Waals surface area contributed by atoms with Gasteiger partial charge in [0.05, 0.1) is 13.2 Å². The molecule has 0 spiro atoms. The Hall–Kier alpha value is -0.870. The van der Waals surface area contributed by atoms with Crippen LogP contribution < -0.4 is 0 Å². The maximum atomic E-state index is 11.4. The lowest BCUT2D eigenvalue weighted by atomic mass is 10.2. The Morgan fingerprint density at radius 3 is 2.75 bits per heavy atom. The minimum atomic E-state index is -0.445. The van der Waals surface area contributed by atoms with Gasteiger partial charge in [-0.3, -0.25) is 4.90 Å². The lowest BCUT2D eigenvalue weighted by Gasteiger charge is -2.34. The highest BCUT2D eigenvalue weighted by Crippen LogP contribution is 2.12. The van der Waals surface area contributed by atoms with E-state index in [2.05, 4.69) is 24.8 Å². The minimum absolute atomic E-state index is 0.0726. The van der Waals surface area contributed by atoms with Crippen molar-refractivity contribution in [2.24, 2.45) is 0 Å². The average Bonchev–Trinajstić information content (AvgIpc) is 2.24. The third-order valence-corrected chi connectivity index (χ3v) is 2.56. The van der Waals surface area contributed by atoms with E-state index in [4.69, 9.17) is 9.47 Å². The van der Waals surface area contributed by atoms with Gasteiger partial charge < -0.3 is 9.47 Å². The Kier molecular flexibility index (Phi) is 4.96. The fraction of sp³-hybridized carbons (Fsp3) is 0.750. The molecule has 92 valence electrons. The van der Waals surface area contributed by atoms with E-state index in [0.29, 0.717) is 6.54 Å². The van der Waals surface area contributed by atoms with Gasteiger partial charge in [0.25, 0.3) is 0 Å². The lowest BCUT2D eigenvalue weighted by molar-refractivity contribution is -0.165. The summed E-state index contributed by atoms with van der Waals surface area (Å²) < 4.78 is 10.2. The van der Waals surface area contributed by atoms with E-state index >= 15 is 0 Å². The van der Waals surface area contributed by atoms with E-state index < -0.39 is 6.10 Å². The standard InChI is InChI=1S/C12H21NO3/c1-9(2)5-6-13-7-10(3)16-11(8-13)12(14)15-4/h5,10-11H,6-8H2,1-4H3/t10-,11-/m1/s1. The molecule has 1 saturated heterocycles. The van der Waals surface area contributed by atoms with Gasteiger partial charge in [-0.15, -0.1) is 0 Å². The Bertz CT molecular complexity index is 271. The van der Waals surface area contributed by atoms with Crippen molar-refractivity contribution in [2.45, 2.75) is 33.0 Å². The number of nitrogens with zero attached hydrogens (tertiary/aromatic N) is 1. The molecule has 0 aliphatic carbocycles. The molecule has 0 bridgehead atoms. The molecule has 4 heteroatoms. The van der Waals surface area contributed by atoms with Gasteiger partial charge in [0.1, 0.15) is 0 Å². The number of ether oxygens (including phenoxy) is 2. The van der Waals surface area contributed by atoms with Crippen LogP contribution in [0.2, 0.25) is 0 Å². The Labute approximate surface area is 97.2 Å². The molecule has 1 fully saturated rings. The fourth-order valence-electron chi connectivity index (χ4n) is 1.76. The number of hydrogen-bond acceptors (Lipinski definition) is 4. The normalized spacial score (nSPS) is 26.2. The number of rotatable bonds is 3. The van der Waals surface area contributed by atoms with Crippen LogP contribution in [-0.4, -0.2) is 49.8 Å². The van der Waals surface area contributed by atoms with Crippen LogP contribution in [0.1, 0.15) is 20.8 Å². The molecule has 1 heterocycles. The SMILES string of the molecule is COC(=O)[C@H]1CN(CC=C(C)C)C[C@@H](C)O1. The summed E-state index contributed by atoms with van der Waals surface area (Å²) in [6.07, 6.45) is 1.79. The van der Waals surface area contributed by atoms with Crippen LogP contribution >= 0.6 is 0 Å². The van der Waals surface area contributed by atoms with E-state index in [1.54, 1.807) is 0 Å². The third-order valence-electron chi connectivity index (χ3n) is 2.56. The van der Waals surface area contributed by atoms with E-state index in [-0.39, 0.29) is 12.1 Å². The summed E-state index contributed by atoms with van der Waals surface area (Å²) in [5.74, 6) is -0.284. The highest BCUT2D eigenvalue weighted by atomic mass is 16.6. The van der Waals surface area contributed by atoms with Crippen LogP contribution in [0.5, 0.6) is 0 Å². The van der Waals surface area contributed by atoms with Crippen molar-refractivity contribution in [3.05, 3.63) is 11.6 Å². The molecule has 1 aliphatic rings. The maximum absolute atomic E-state index is 11.4. The molecule has 4 nitrogen and oxygen atoms in total. The van der Waals surface area contributed by atoms with Crippen LogP contribution in [-0.2, 0) is 14.3 Å². The molecular weight excluding hydrogens is 206 g/mol. The first kappa shape index (κ1) is 13.2. The Balaban J connectivity index is 2.54. The van der Waals surface area contributed by atoms with Crippen molar-refractivity contribution in [3.8, 4) is 0 Å². The zero-order valence-electron chi connectivity index (χ0n) is 10.5. The third kappa shape index (κ3) is 3.94. The smallest absolute Gasteiger partial charge is 0.336 e. The predicted octanol–water partition coefficient (Wildman–Crippen LogP) is 1.21. The van der Waals surface area contributed by atoms with Gasteiger partial charge in [0, 0.05) is 19.6 Å². The van der Waals surface area contributed by atoms with Gasteiger partial charge in [0.2, 0.25) is 0 Å². The maximum Gasteiger partial charge on any atom is 0.336 e. The van der Waals surface area contributed by atoms with E-state index in [1.165, 1.54) is 12.7 Å². The van der Waals surface area contributed by atoms with E-state index in [1.807, 2.05) is 6.92 Å². The molecule has 2 atom stereocenters. The van der Waals surface area contributed by atoms with Crippen molar-refractivity contribution in [3.63, 3.8) is 0 Å². The zero-order chi connectivity index (χ0) is 12.1. The molecule has 16 heavy (non-hydrogen) atoms. The molecule has 0 radical (unpaired) electrons. The van der Waals surface area contributed by atoms with Crippen LogP contribution in [0, 0.1) is 0 Å². The highest BCUT2D eigenvalue weighted by molar-refractivity contribution is 5.74. The van der Waals surface area contributed by atoms with Gasteiger partial charge in [-0.05, 0) is 20.8 Å². The number of esters is 1. The summed E-state index contributed by atoms with van der Waals surface area (Å²) in [5, 5.41) is 0. The molecule has 0 saturated carbocycles. The predicted molar refractivity (Wildman–Crippen MR) is 62.2 cm³/mol. The van der Waals surface area contributed by atoms with E-state index in [9.17, 15) is 4.79 Å². The first-order chi connectivity index (χ1) is 7.52. The zero-order valence-corrected chi connectivity index (χ0v) is 10.5. The van der Waals surface area contributed by atoms with Crippen molar-refractivity contribution in [1.29, 1.82) is 0 Å². The second kappa shape index (κ2) is 6.01. The van der Waals surface area contributed by atoms with Crippen LogP contribution in [0.25, 0.3) is 0 Å². The van der Waals surface area contributed by atoms with Crippen LogP contribution in [0.4, 0.5) is 0 Å². The van der Waals surface area contributed by atoms with Crippen LogP contribution in [0.15, 0.2) is 11.6 Å². The summed E-state index contributed by atoms with van der Waals surface area (Å²) in [5.41, 5.74) is 1.29. The largest absolute Gasteiger partial charge is 0.467 e. The number of methoxy groups -OCH3 is 1. The average molecular weight is 227 g/mol. The number of carbonyl (C=O) groups is 1. The van der Waals surface area contributed by atoms with Crippen LogP contribution in [0.3, 0.4) is 0 Å². The molecule has 0 amide bonds. The first-order valence-corrected chi connectivity index (χ1v) is 5.62. The second-order valence-corrected chi connectivity index (χ2v) is 4.46. The van der Waals surface area contributed by atoms with Crippen molar-refractivity contribution < 1.29 is 14.3 Å². The molecular formula is C12H21NO3. The molecule has 1 aliphatic heterocycles. The van der Waals surface area contributed by atoms with E-state index in [0.717, 1.165) is 13.1 Å². The number of carbonyl (C=O) groups excluding carboxylic acids is 1. The lowest BCUT2D eigenvalue weighted by Crippen LogP contribution is -2.49. The van der Waals surface area contributed by atoms with Crippen molar-refractivity contribution in [2.75, 3.05) is 26.7 Å². The Morgan fingerprint density at radius 1 is 1.50 bits per heavy atom. The number of morpholine rings is 1. The summed E-state index contributed by atoms with van der Waals surface area (Å²) >= 11 is 0. The Morgan fingerprint density at radius 2 is 2.19 bits per heavy atom. The molecule has 0 unspecified atom stereocenters. The number of hydrogen-bond donors (Lipinski definition) is 0. The molecule has 0 aromatic carbocycles. The first-order valence-electron chi connectivity index (χ1n) is 5.62. The molecule has 0 N–H and O–H groups in total. The van der Waals surface area contributed by atoms with Gasteiger partial charge in [-0.25, -0.2) is 4.79 Å². The number of allylic oxidation sites excluding steroid dienone is 1. The molecule has 0 aromatic rings. The van der Waals surface area contributed by atoms with Gasteiger partial charge >= 0.3 is 5.97 Å². The summed E-state index contributed by atoms with van der Waals surface area (Å²) in [6.45, 7) is 8.45. The fourth-order valence-corrected chi connectivity index (χ4v) is 1.76. The monoisotopic (exact) mass is 227 g/mol. The molecule has 1 rings (SSSR count). The highest BCUT2D eigenvalue weighted by Gasteiger charge is 2.30. The topological polar surface area (TPSA) is 38.8 Å². The second-order valence-electron chi connectivity index (χ2n) is 4.46.